The van der Waals surface area contributed by atoms with E-state index >= 15 is 0 Å². The summed E-state index contributed by atoms with van der Waals surface area (Å²) in [6.07, 6.45) is 4.63. The van der Waals surface area contributed by atoms with E-state index in [1.54, 1.807) is 19.1 Å². The Labute approximate surface area is 210 Å². The van der Waals surface area contributed by atoms with Crippen LogP contribution in [-0.4, -0.2) is 48.2 Å². The van der Waals surface area contributed by atoms with E-state index in [0.717, 1.165) is 5.56 Å². The van der Waals surface area contributed by atoms with Gasteiger partial charge in [-0.3, -0.25) is 14.4 Å². The number of hydrogen-bond acceptors (Lipinski definition) is 5. The van der Waals surface area contributed by atoms with E-state index < -0.39 is 23.4 Å². The summed E-state index contributed by atoms with van der Waals surface area (Å²) < 4.78 is 5.68. The highest BCUT2D eigenvalue weighted by Crippen LogP contribution is 2.22. The number of hydrogen-bond donors (Lipinski definition) is 3. The second kappa shape index (κ2) is 15.1. The molecule has 0 aliphatic rings. The van der Waals surface area contributed by atoms with Crippen LogP contribution >= 0.6 is 0 Å². The first-order chi connectivity index (χ1) is 16.5. The topological polar surface area (TPSA) is 105 Å². The van der Waals surface area contributed by atoms with Gasteiger partial charge in [0.25, 0.3) is 0 Å². The number of aliphatic hydroxyl groups is 1. The van der Waals surface area contributed by atoms with Crippen molar-refractivity contribution in [2.75, 3.05) is 13.2 Å². The van der Waals surface area contributed by atoms with Crippen LogP contribution in [0.5, 0.6) is 0 Å². The van der Waals surface area contributed by atoms with Crippen LogP contribution in [0.25, 0.3) is 0 Å². The molecule has 7 nitrogen and oxygen atoms in total. The highest BCUT2D eigenvalue weighted by molar-refractivity contribution is 5.86. The zero-order chi connectivity index (χ0) is 26.4. The van der Waals surface area contributed by atoms with Gasteiger partial charge in [-0.15, -0.1) is 13.2 Å². The normalized spacial score (nSPS) is 14.7. The maximum Gasteiger partial charge on any atom is 0.309 e. The van der Waals surface area contributed by atoms with Crippen LogP contribution in [0.4, 0.5) is 0 Å². The van der Waals surface area contributed by atoms with Crippen molar-refractivity contribution in [3.05, 3.63) is 61.2 Å². The summed E-state index contributed by atoms with van der Waals surface area (Å²) >= 11 is 0. The molecule has 3 N–H and O–H groups in total. The van der Waals surface area contributed by atoms with Crippen molar-refractivity contribution in [2.45, 2.75) is 65.5 Å². The lowest BCUT2D eigenvalue weighted by Crippen LogP contribution is -2.50. The molecule has 0 saturated heterocycles. The van der Waals surface area contributed by atoms with Gasteiger partial charge in [0.05, 0.1) is 24.5 Å². The minimum absolute atomic E-state index is 0.0189. The van der Waals surface area contributed by atoms with E-state index in [1.807, 2.05) is 51.1 Å². The van der Waals surface area contributed by atoms with Crippen LogP contribution in [0.2, 0.25) is 0 Å². The molecular weight excluding hydrogens is 444 g/mol. The third-order valence-electron chi connectivity index (χ3n) is 5.80. The number of esters is 1. The Bertz CT molecular complexity index is 831. The minimum Gasteiger partial charge on any atom is -0.463 e. The number of amides is 2. The predicted octanol–water partition coefficient (Wildman–Crippen LogP) is 3.57. The number of carbonyl (C=O) groups is 3. The van der Waals surface area contributed by atoms with Gasteiger partial charge >= 0.3 is 5.97 Å². The van der Waals surface area contributed by atoms with Gasteiger partial charge < -0.3 is 20.5 Å². The fourth-order valence-electron chi connectivity index (χ4n) is 3.53. The van der Waals surface area contributed by atoms with Crippen molar-refractivity contribution in [1.82, 2.24) is 10.6 Å². The lowest BCUT2D eigenvalue weighted by molar-refractivity contribution is -0.150. The predicted molar refractivity (Wildman–Crippen MR) is 138 cm³/mol. The van der Waals surface area contributed by atoms with E-state index in [9.17, 15) is 14.4 Å². The number of carbonyl (C=O) groups excluding carboxylic acids is 3. The Hall–Kier alpha value is -2.93. The number of benzene rings is 1. The molecule has 0 saturated carbocycles. The molecule has 0 aliphatic heterocycles. The molecule has 35 heavy (non-hydrogen) atoms. The number of allylic oxidation sites excluding steroid dienone is 2. The lowest BCUT2D eigenvalue weighted by atomic mass is 9.86. The molecule has 1 aromatic carbocycles. The number of aliphatic hydroxyl groups excluding tert-OH is 1. The molecule has 0 radical (unpaired) electrons. The highest BCUT2D eigenvalue weighted by Gasteiger charge is 2.31. The quantitative estimate of drug-likeness (QED) is 0.260. The first-order valence-corrected chi connectivity index (χ1v) is 12.1. The molecule has 4 atom stereocenters. The summed E-state index contributed by atoms with van der Waals surface area (Å²) in [6, 6.07) is 8.89. The van der Waals surface area contributed by atoms with Crippen molar-refractivity contribution in [3.8, 4) is 0 Å². The van der Waals surface area contributed by atoms with Crippen molar-refractivity contribution < 1.29 is 24.2 Å². The molecule has 0 spiro atoms. The highest BCUT2D eigenvalue weighted by atomic mass is 16.5. The molecule has 2 amide bonds. The van der Waals surface area contributed by atoms with E-state index in [-0.39, 0.29) is 43.3 Å². The SMILES string of the molecule is C=CC[C@H](CC(=O)N[C@@H](C)CO)C(=O)N[C@H](COC(=O)[C@@H](CC=C)Cc1ccccc1)C(C)(C)C. The van der Waals surface area contributed by atoms with Gasteiger partial charge in [-0.2, -0.15) is 0 Å². The van der Waals surface area contributed by atoms with Crippen molar-refractivity contribution in [3.63, 3.8) is 0 Å². The zero-order valence-electron chi connectivity index (χ0n) is 21.6. The number of nitrogens with one attached hydrogen (secondary N) is 2. The van der Waals surface area contributed by atoms with Crippen LogP contribution in [0.1, 0.15) is 52.5 Å². The summed E-state index contributed by atoms with van der Waals surface area (Å²) in [5.74, 6) is -1.94. The van der Waals surface area contributed by atoms with Crippen LogP contribution in [0, 0.1) is 17.3 Å². The third kappa shape index (κ3) is 11.4. The molecule has 0 aliphatic carbocycles. The fourth-order valence-corrected chi connectivity index (χ4v) is 3.53. The monoisotopic (exact) mass is 486 g/mol. The summed E-state index contributed by atoms with van der Waals surface area (Å²) in [6.45, 7) is 14.8. The Morgan fingerprint density at radius 2 is 1.63 bits per heavy atom. The van der Waals surface area contributed by atoms with Gasteiger partial charge in [0, 0.05) is 12.5 Å². The van der Waals surface area contributed by atoms with Crippen molar-refractivity contribution in [2.24, 2.45) is 17.3 Å². The molecule has 0 heterocycles. The van der Waals surface area contributed by atoms with Crippen LogP contribution in [-0.2, 0) is 25.5 Å². The average Bonchev–Trinajstić information content (AvgIpc) is 2.80. The van der Waals surface area contributed by atoms with Crippen LogP contribution < -0.4 is 10.6 Å². The van der Waals surface area contributed by atoms with Gasteiger partial charge in [0.15, 0.2) is 0 Å². The van der Waals surface area contributed by atoms with Gasteiger partial charge in [0.2, 0.25) is 11.8 Å². The van der Waals surface area contributed by atoms with Gasteiger partial charge in [-0.25, -0.2) is 0 Å². The Morgan fingerprint density at radius 1 is 1.03 bits per heavy atom. The summed E-state index contributed by atoms with van der Waals surface area (Å²) in [5.41, 5.74) is 0.647. The van der Waals surface area contributed by atoms with Gasteiger partial charge in [-0.1, -0.05) is 63.3 Å². The van der Waals surface area contributed by atoms with Crippen molar-refractivity contribution in [1.29, 1.82) is 0 Å². The Balaban J connectivity index is 2.84. The first-order valence-electron chi connectivity index (χ1n) is 12.1. The molecule has 1 aromatic rings. The minimum atomic E-state index is -0.620. The van der Waals surface area contributed by atoms with E-state index in [1.165, 1.54) is 0 Å². The summed E-state index contributed by atoms with van der Waals surface area (Å²) in [7, 11) is 0. The molecule has 1 rings (SSSR count). The largest absolute Gasteiger partial charge is 0.463 e. The van der Waals surface area contributed by atoms with E-state index in [2.05, 4.69) is 23.8 Å². The number of rotatable bonds is 15. The van der Waals surface area contributed by atoms with E-state index in [0.29, 0.717) is 19.3 Å². The zero-order valence-corrected chi connectivity index (χ0v) is 21.6. The van der Waals surface area contributed by atoms with Crippen LogP contribution in [0.15, 0.2) is 55.6 Å². The maximum atomic E-state index is 13.1. The molecule has 7 heteroatoms. The maximum absolute atomic E-state index is 13.1. The average molecular weight is 487 g/mol. The molecule has 194 valence electrons. The van der Waals surface area contributed by atoms with Crippen molar-refractivity contribution >= 4 is 17.8 Å². The second-order valence-electron chi connectivity index (χ2n) is 10.0. The molecule has 0 aromatic heterocycles. The lowest BCUT2D eigenvalue weighted by Gasteiger charge is -2.32. The van der Waals surface area contributed by atoms with Gasteiger partial charge in [-0.05, 0) is 37.2 Å². The second-order valence-corrected chi connectivity index (χ2v) is 10.0. The van der Waals surface area contributed by atoms with E-state index in [4.69, 9.17) is 9.84 Å². The smallest absolute Gasteiger partial charge is 0.309 e. The number of ether oxygens (including phenoxy) is 1. The Morgan fingerprint density at radius 3 is 2.17 bits per heavy atom. The molecule has 0 fully saturated rings. The summed E-state index contributed by atoms with van der Waals surface area (Å²) in [4.78, 5) is 38.2. The molecule has 0 unspecified atom stereocenters. The Kier molecular flexibility index (Phi) is 13.0. The summed E-state index contributed by atoms with van der Waals surface area (Å²) in [5, 5.41) is 14.8. The standard InChI is InChI=1S/C28H42N2O5/c1-7-12-22(17-25(32)29-20(3)18-31)26(33)30-24(28(4,5)6)19-35-27(34)23(13-8-2)16-21-14-10-9-11-15-21/h7-11,14-15,20,22-24,31H,1-2,12-13,16-19H2,3-6H3,(H,29,32)(H,30,33)/t20-,22+,23-,24+/m0/s1. The first kappa shape index (κ1) is 30.1. The third-order valence-corrected chi connectivity index (χ3v) is 5.80. The molecule has 0 bridgehead atoms. The van der Waals surface area contributed by atoms with Crippen LogP contribution in [0.3, 0.4) is 0 Å². The molecular formula is C28H42N2O5. The fraction of sp³-hybridized carbons (Fsp3) is 0.536. The van der Waals surface area contributed by atoms with Gasteiger partial charge in [0.1, 0.15) is 6.61 Å².